The van der Waals surface area contributed by atoms with Crippen molar-refractivity contribution in [3.8, 4) is 5.69 Å². The minimum atomic E-state index is -3.94. The molecule has 1 amide bonds. The van der Waals surface area contributed by atoms with Crippen LogP contribution < -0.4 is 10.3 Å². The van der Waals surface area contributed by atoms with Crippen molar-refractivity contribution in [3.63, 3.8) is 0 Å². The Morgan fingerprint density at radius 1 is 1.08 bits per heavy atom. The van der Waals surface area contributed by atoms with Gasteiger partial charge in [0, 0.05) is 19.4 Å². The van der Waals surface area contributed by atoms with E-state index in [2.05, 4.69) is 15.4 Å². The number of sulfonamides is 1. The second-order valence-corrected chi connectivity index (χ2v) is 7.41. The summed E-state index contributed by atoms with van der Waals surface area (Å²) in [5.74, 6) is -0.558. The molecule has 0 aliphatic carbocycles. The van der Waals surface area contributed by atoms with Crippen LogP contribution in [0.25, 0.3) is 5.69 Å². The quantitative estimate of drug-likeness (QED) is 0.662. The third kappa shape index (κ3) is 3.26. The fraction of sp³-hybridized carbons (Fsp3) is 0.176. The van der Waals surface area contributed by atoms with Crippen LogP contribution in [0.5, 0.6) is 0 Å². The SMILES string of the molecule is Cc1nn(C)c(C)c1S(=O)(=O)NNC(=O)c1ccccc1-n1cccc1. The molecule has 26 heavy (non-hydrogen) atoms. The van der Waals surface area contributed by atoms with E-state index in [9.17, 15) is 13.2 Å². The molecule has 2 heterocycles. The van der Waals surface area contributed by atoms with Crippen molar-refractivity contribution >= 4 is 15.9 Å². The van der Waals surface area contributed by atoms with E-state index in [1.54, 1.807) is 62.1 Å². The predicted molar refractivity (Wildman–Crippen MR) is 96.2 cm³/mol. The van der Waals surface area contributed by atoms with E-state index in [-0.39, 0.29) is 4.90 Å². The molecule has 9 heteroatoms. The molecule has 0 saturated heterocycles. The second-order valence-electron chi connectivity index (χ2n) is 5.79. The Balaban J connectivity index is 1.84. The zero-order valence-electron chi connectivity index (χ0n) is 14.6. The molecule has 0 spiro atoms. The van der Waals surface area contributed by atoms with Gasteiger partial charge in [0.15, 0.2) is 0 Å². The molecule has 1 aromatic carbocycles. The number of nitrogens with one attached hydrogen (secondary N) is 2. The smallest absolute Gasteiger partial charge is 0.268 e. The van der Waals surface area contributed by atoms with Crippen molar-refractivity contribution in [3.05, 3.63) is 65.7 Å². The maximum Gasteiger partial charge on any atom is 0.268 e. The van der Waals surface area contributed by atoms with E-state index < -0.39 is 15.9 Å². The van der Waals surface area contributed by atoms with Gasteiger partial charge in [0.05, 0.1) is 22.6 Å². The van der Waals surface area contributed by atoms with Gasteiger partial charge in [-0.05, 0) is 38.1 Å². The van der Waals surface area contributed by atoms with Gasteiger partial charge in [-0.3, -0.25) is 14.9 Å². The lowest BCUT2D eigenvalue weighted by Gasteiger charge is -2.12. The number of hydrogen-bond donors (Lipinski definition) is 2. The maximum atomic E-state index is 12.6. The van der Waals surface area contributed by atoms with Crippen molar-refractivity contribution in [1.29, 1.82) is 0 Å². The fourth-order valence-corrected chi connectivity index (χ4v) is 4.04. The lowest BCUT2D eigenvalue weighted by molar-refractivity contribution is 0.0945. The first-order valence-electron chi connectivity index (χ1n) is 7.86. The van der Waals surface area contributed by atoms with Crippen molar-refractivity contribution in [2.24, 2.45) is 7.05 Å². The van der Waals surface area contributed by atoms with Crippen LogP contribution in [0, 0.1) is 13.8 Å². The Bertz CT molecular complexity index is 1050. The first kappa shape index (κ1) is 17.9. The molecule has 136 valence electrons. The molecule has 0 bridgehead atoms. The topological polar surface area (TPSA) is 98.0 Å². The van der Waals surface area contributed by atoms with Gasteiger partial charge in [0.25, 0.3) is 15.9 Å². The van der Waals surface area contributed by atoms with E-state index in [1.165, 1.54) is 4.68 Å². The maximum absolute atomic E-state index is 12.6. The predicted octanol–water partition coefficient (Wildman–Crippen LogP) is 1.45. The number of para-hydroxylation sites is 1. The minimum Gasteiger partial charge on any atom is -0.323 e. The van der Waals surface area contributed by atoms with Gasteiger partial charge < -0.3 is 4.57 Å². The van der Waals surface area contributed by atoms with Crippen LogP contribution in [0.1, 0.15) is 21.7 Å². The van der Waals surface area contributed by atoms with E-state index in [0.717, 1.165) is 0 Å². The summed E-state index contributed by atoms with van der Waals surface area (Å²) >= 11 is 0. The van der Waals surface area contributed by atoms with Crippen LogP contribution in [-0.2, 0) is 17.1 Å². The molecule has 8 nitrogen and oxygen atoms in total. The molecule has 2 N–H and O–H groups in total. The number of carbonyl (C=O) groups excluding carboxylic acids is 1. The third-order valence-electron chi connectivity index (χ3n) is 4.04. The van der Waals surface area contributed by atoms with Crippen LogP contribution in [0.3, 0.4) is 0 Å². The summed E-state index contributed by atoms with van der Waals surface area (Å²) in [5.41, 5.74) is 4.10. The molecule has 3 aromatic rings. The number of aryl methyl sites for hydroxylation is 2. The summed E-state index contributed by atoms with van der Waals surface area (Å²) in [7, 11) is -2.28. The highest BCUT2D eigenvalue weighted by Gasteiger charge is 2.24. The van der Waals surface area contributed by atoms with Crippen LogP contribution in [0.4, 0.5) is 0 Å². The van der Waals surface area contributed by atoms with Gasteiger partial charge in [-0.2, -0.15) is 5.10 Å². The third-order valence-corrected chi connectivity index (χ3v) is 5.54. The van der Waals surface area contributed by atoms with Gasteiger partial charge in [0.2, 0.25) is 0 Å². The summed E-state index contributed by atoms with van der Waals surface area (Å²) in [6, 6.07) is 10.6. The van der Waals surface area contributed by atoms with Crippen LogP contribution in [0.15, 0.2) is 53.7 Å². The number of hydrogen-bond acceptors (Lipinski definition) is 4. The number of nitrogens with zero attached hydrogens (tertiary/aromatic N) is 3. The second kappa shape index (κ2) is 6.77. The zero-order chi connectivity index (χ0) is 18.9. The van der Waals surface area contributed by atoms with Gasteiger partial charge in [-0.1, -0.05) is 12.1 Å². The molecule has 0 radical (unpaired) electrons. The average molecular weight is 373 g/mol. The van der Waals surface area contributed by atoms with Crippen LogP contribution in [-0.4, -0.2) is 28.7 Å². The molecular weight excluding hydrogens is 354 g/mol. The first-order valence-corrected chi connectivity index (χ1v) is 9.34. The molecule has 0 unspecified atom stereocenters. The van der Waals surface area contributed by atoms with E-state index in [1.807, 2.05) is 12.1 Å². The molecule has 2 aromatic heterocycles. The monoisotopic (exact) mass is 373 g/mol. The number of aromatic nitrogens is 3. The highest BCUT2D eigenvalue weighted by atomic mass is 32.2. The van der Waals surface area contributed by atoms with Crippen molar-refractivity contribution in [2.75, 3.05) is 0 Å². The van der Waals surface area contributed by atoms with Gasteiger partial charge in [-0.25, -0.2) is 8.42 Å². The molecular formula is C17H19N5O3S. The molecule has 0 atom stereocenters. The number of carbonyl (C=O) groups is 1. The highest BCUT2D eigenvalue weighted by Crippen LogP contribution is 2.18. The number of benzene rings is 1. The summed E-state index contributed by atoms with van der Waals surface area (Å²) in [6.45, 7) is 3.25. The summed E-state index contributed by atoms with van der Waals surface area (Å²) < 4.78 is 28.4. The Kier molecular flexibility index (Phi) is 4.66. The first-order chi connectivity index (χ1) is 12.3. The Labute approximate surface area is 151 Å². The lowest BCUT2D eigenvalue weighted by Crippen LogP contribution is -2.42. The average Bonchev–Trinajstić information content (AvgIpc) is 3.22. The van der Waals surface area contributed by atoms with Crippen molar-refractivity contribution in [2.45, 2.75) is 18.7 Å². The van der Waals surface area contributed by atoms with Gasteiger partial charge >= 0.3 is 0 Å². The van der Waals surface area contributed by atoms with Crippen LogP contribution in [0.2, 0.25) is 0 Å². The summed E-state index contributed by atoms with van der Waals surface area (Å²) in [4.78, 5) is 14.7. The molecule has 0 aliphatic rings. The van der Waals surface area contributed by atoms with Crippen molar-refractivity contribution in [1.82, 2.24) is 24.6 Å². The Morgan fingerprint density at radius 2 is 1.73 bits per heavy atom. The zero-order valence-corrected chi connectivity index (χ0v) is 15.4. The molecule has 0 fully saturated rings. The fourth-order valence-electron chi connectivity index (χ4n) is 2.76. The summed E-state index contributed by atoms with van der Waals surface area (Å²) in [5, 5.41) is 4.09. The van der Waals surface area contributed by atoms with Crippen molar-refractivity contribution < 1.29 is 13.2 Å². The van der Waals surface area contributed by atoms with Gasteiger partial charge in [-0.15, -0.1) is 4.83 Å². The van der Waals surface area contributed by atoms with Gasteiger partial charge in [0.1, 0.15) is 4.90 Å². The van der Waals surface area contributed by atoms with E-state index in [0.29, 0.717) is 22.6 Å². The Hall–Kier alpha value is -2.91. The van der Waals surface area contributed by atoms with E-state index >= 15 is 0 Å². The number of amides is 1. The highest BCUT2D eigenvalue weighted by molar-refractivity contribution is 7.89. The van der Waals surface area contributed by atoms with Crippen LogP contribution >= 0.6 is 0 Å². The standard InChI is InChI=1S/C17H19N5O3S/c1-12-16(13(2)21(3)19-12)26(24,25)20-18-17(23)14-8-4-5-9-15(14)22-10-6-7-11-22/h4-11,20H,1-3H3,(H,18,23). The lowest BCUT2D eigenvalue weighted by atomic mass is 10.1. The summed E-state index contributed by atoms with van der Waals surface area (Å²) in [6.07, 6.45) is 3.61. The minimum absolute atomic E-state index is 0.0546. The van der Waals surface area contributed by atoms with E-state index in [4.69, 9.17) is 0 Å². The number of rotatable bonds is 5. The molecule has 0 aliphatic heterocycles. The molecule has 0 saturated carbocycles. The molecule has 3 rings (SSSR count). The normalized spacial score (nSPS) is 11.5. The largest absolute Gasteiger partial charge is 0.323 e. The Morgan fingerprint density at radius 3 is 2.35 bits per heavy atom. The number of hydrazine groups is 1.